The zero-order chi connectivity index (χ0) is 29.8. The minimum atomic E-state index is -4.36. The first-order valence-corrected chi connectivity index (χ1v) is 13.5. The first-order valence-electron chi connectivity index (χ1n) is 11.6. The Kier molecular flexibility index (Phi) is 9.43. The highest BCUT2D eigenvalue weighted by Crippen LogP contribution is 2.26. The average molecular weight is 594 g/mol. The van der Waals surface area contributed by atoms with Crippen LogP contribution in [-0.4, -0.2) is 44.8 Å². The van der Waals surface area contributed by atoms with E-state index in [9.17, 15) is 22.4 Å². The first kappa shape index (κ1) is 30.4. The van der Waals surface area contributed by atoms with Crippen molar-refractivity contribution in [2.24, 2.45) is 10.9 Å². The molecule has 1 aromatic heterocycles. The van der Waals surface area contributed by atoms with E-state index in [0.29, 0.717) is 5.57 Å². The molecule has 0 bridgehead atoms. The fourth-order valence-corrected chi connectivity index (χ4v) is 5.38. The second kappa shape index (κ2) is 12.4. The second-order valence-corrected chi connectivity index (χ2v) is 10.7. The predicted molar refractivity (Wildman–Crippen MR) is 148 cm³/mol. The van der Waals surface area contributed by atoms with Gasteiger partial charge in [-0.3, -0.25) is 18.9 Å². The van der Waals surface area contributed by atoms with Gasteiger partial charge in [-0.2, -0.15) is 0 Å². The number of carbonyl (C=O) groups is 1. The van der Waals surface area contributed by atoms with Crippen molar-refractivity contribution in [1.29, 1.82) is 0 Å². The van der Waals surface area contributed by atoms with Gasteiger partial charge in [0.05, 0.1) is 29.8 Å². The molecule has 2 N–H and O–H groups in total. The summed E-state index contributed by atoms with van der Waals surface area (Å²) in [5.74, 6) is -2.57. The van der Waals surface area contributed by atoms with E-state index in [1.54, 1.807) is 13.8 Å². The Morgan fingerprint density at radius 1 is 1.30 bits per heavy atom. The molecule has 0 radical (unpaired) electrons. The summed E-state index contributed by atoms with van der Waals surface area (Å²) >= 11 is 5.94. The maximum atomic E-state index is 15.0. The number of nitrogens with one attached hydrogen (secondary N) is 2. The van der Waals surface area contributed by atoms with Crippen LogP contribution >= 0.6 is 11.6 Å². The monoisotopic (exact) mass is 593 g/mol. The number of aromatic nitrogens is 2. The third kappa shape index (κ3) is 6.54. The zero-order valence-corrected chi connectivity index (χ0v) is 23.5. The highest BCUT2D eigenvalue weighted by atomic mass is 35.5. The minimum absolute atomic E-state index is 0.0188. The summed E-state index contributed by atoms with van der Waals surface area (Å²) in [6.45, 7) is 6.56. The van der Waals surface area contributed by atoms with Crippen molar-refractivity contribution in [1.82, 2.24) is 19.6 Å². The van der Waals surface area contributed by atoms with Crippen LogP contribution < -0.4 is 15.6 Å². The number of hydrogen-bond donors (Lipinski definition) is 2. The fourth-order valence-electron chi connectivity index (χ4n) is 3.80. The molecule has 1 amide bonds. The highest BCUT2D eigenvalue weighted by Gasteiger charge is 2.22. The van der Waals surface area contributed by atoms with Gasteiger partial charge in [0.2, 0.25) is 11.8 Å². The van der Waals surface area contributed by atoms with Crippen LogP contribution in [0.2, 0.25) is 5.02 Å². The van der Waals surface area contributed by atoms with Crippen LogP contribution in [0.3, 0.4) is 0 Å². The molecular weight excluding hydrogens is 568 g/mol. The summed E-state index contributed by atoms with van der Waals surface area (Å²) in [4.78, 5) is 32.4. The van der Waals surface area contributed by atoms with Crippen molar-refractivity contribution in [3.63, 3.8) is 0 Å². The molecule has 1 heterocycles. The molecule has 212 valence electrons. The standard InChI is InChI=1S/C26H26ClF2N5O5S/c1-14(8-21(25(31-4)39-5)33-40(37,38)22-7-6-17(28)11-19(22)27)16-9-18-23(20(29)10-16)32-13-34(26(18)36)12-15(2)24(35)30-3/h6-11,13,15,33H,4,12H2,1-3,5H3,(H,30,35)/b14-8+,25-21-/t15-/m0/s1. The molecule has 40 heavy (non-hydrogen) atoms. The Balaban J connectivity index is 2.10. The van der Waals surface area contributed by atoms with Crippen molar-refractivity contribution < 1.29 is 26.7 Å². The number of methoxy groups -OCH3 is 1. The van der Waals surface area contributed by atoms with Gasteiger partial charge in [-0.1, -0.05) is 18.5 Å². The average Bonchev–Trinajstić information content (AvgIpc) is 2.89. The Morgan fingerprint density at radius 2 is 2.00 bits per heavy atom. The molecular formula is C26H26ClF2N5O5S. The van der Waals surface area contributed by atoms with Crippen LogP contribution in [0.15, 0.2) is 69.0 Å². The number of benzene rings is 2. The lowest BCUT2D eigenvalue weighted by atomic mass is 10.0. The number of hydrogen-bond acceptors (Lipinski definition) is 7. The molecule has 0 aliphatic heterocycles. The topological polar surface area (TPSA) is 132 Å². The van der Waals surface area contributed by atoms with Crippen LogP contribution in [0.4, 0.5) is 8.78 Å². The molecule has 0 saturated heterocycles. The van der Waals surface area contributed by atoms with Gasteiger partial charge >= 0.3 is 0 Å². The number of carbonyl (C=O) groups excluding carboxylic acids is 1. The lowest BCUT2D eigenvalue weighted by Crippen LogP contribution is -2.32. The Morgan fingerprint density at radius 3 is 2.60 bits per heavy atom. The maximum Gasteiger partial charge on any atom is 0.263 e. The molecule has 0 aliphatic rings. The molecule has 0 unspecified atom stereocenters. The van der Waals surface area contributed by atoms with Crippen molar-refractivity contribution in [3.8, 4) is 0 Å². The van der Waals surface area contributed by atoms with Gasteiger partial charge in [0.15, 0.2) is 0 Å². The van der Waals surface area contributed by atoms with E-state index >= 15 is 4.39 Å². The van der Waals surface area contributed by atoms with Crippen molar-refractivity contribution >= 4 is 50.7 Å². The molecule has 0 fully saturated rings. The maximum absolute atomic E-state index is 15.0. The van der Waals surface area contributed by atoms with Crippen LogP contribution in [0.1, 0.15) is 19.4 Å². The van der Waals surface area contributed by atoms with Gasteiger partial charge < -0.3 is 10.1 Å². The third-order valence-electron chi connectivity index (χ3n) is 5.86. The van der Waals surface area contributed by atoms with E-state index in [2.05, 4.69) is 26.7 Å². The molecule has 0 aliphatic carbocycles. The number of amides is 1. The number of sulfonamides is 1. The van der Waals surface area contributed by atoms with E-state index in [4.69, 9.17) is 16.3 Å². The second-order valence-electron chi connectivity index (χ2n) is 8.66. The lowest BCUT2D eigenvalue weighted by molar-refractivity contribution is -0.124. The van der Waals surface area contributed by atoms with Crippen molar-refractivity contribution in [2.45, 2.75) is 25.3 Å². The molecule has 2 aromatic carbocycles. The third-order valence-corrected chi connectivity index (χ3v) is 7.71. The SMILES string of the molecule is C=N/C(OC)=C(\C=C(/C)c1cc(F)c2ncn(C[C@H](C)C(=O)NC)c(=O)c2c1)NS(=O)(=O)c1ccc(F)cc1Cl. The number of fused-ring (bicyclic) bond motifs is 1. The summed E-state index contributed by atoms with van der Waals surface area (Å²) in [7, 11) is -1.66. The zero-order valence-electron chi connectivity index (χ0n) is 22.0. The normalized spacial score (nSPS) is 13.4. The van der Waals surface area contributed by atoms with E-state index in [1.807, 2.05) is 0 Å². The molecule has 0 spiro atoms. The summed E-state index contributed by atoms with van der Waals surface area (Å²) in [5, 5.41) is 2.10. The van der Waals surface area contributed by atoms with Crippen LogP contribution in [0.5, 0.6) is 0 Å². The Bertz CT molecular complexity index is 1720. The summed E-state index contributed by atoms with van der Waals surface area (Å²) in [6.07, 6.45) is 2.47. The van der Waals surface area contributed by atoms with Crippen LogP contribution in [0.25, 0.3) is 16.5 Å². The Hall–Kier alpha value is -4.10. The number of allylic oxidation sites excluding steroid dienone is 2. The van der Waals surface area contributed by atoms with Crippen LogP contribution in [0, 0.1) is 17.6 Å². The minimum Gasteiger partial charge on any atom is -0.480 e. The highest BCUT2D eigenvalue weighted by molar-refractivity contribution is 7.89. The molecule has 3 aromatic rings. The van der Waals surface area contributed by atoms with Gasteiger partial charge in [-0.05, 0) is 61.2 Å². The molecule has 10 nitrogen and oxygen atoms in total. The van der Waals surface area contributed by atoms with E-state index in [0.717, 1.165) is 24.3 Å². The number of aliphatic imine (C=N–C) groups is 1. The lowest BCUT2D eigenvalue weighted by Gasteiger charge is -2.14. The molecule has 3 rings (SSSR count). The predicted octanol–water partition coefficient (Wildman–Crippen LogP) is 3.61. The van der Waals surface area contributed by atoms with Gasteiger partial charge in [0.1, 0.15) is 27.7 Å². The molecule has 1 atom stereocenters. The summed E-state index contributed by atoms with van der Waals surface area (Å²) in [5.41, 5.74) is -0.411. The Labute approximate surface area is 234 Å². The fraction of sp³-hybridized carbons (Fsp3) is 0.231. The van der Waals surface area contributed by atoms with Gasteiger partial charge in [-0.15, -0.1) is 0 Å². The molecule has 0 saturated carbocycles. The van der Waals surface area contributed by atoms with E-state index < -0.39 is 38.0 Å². The van der Waals surface area contributed by atoms with Gasteiger partial charge in [0, 0.05) is 13.6 Å². The number of ether oxygens (including phenoxy) is 1. The summed E-state index contributed by atoms with van der Waals surface area (Å²) in [6, 6.07) is 5.30. The van der Waals surface area contributed by atoms with E-state index in [-0.39, 0.29) is 45.5 Å². The number of halogens is 3. The smallest absolute Gasteiger partial charge is 0.263 e. The quantitative estimate of drug-likeness (QED) is 0.210. The van der Waals surface area contributed by atoms with Crippen molar-refractivity contribution in [2.75, 3.05) is 14.2 Å². The summed E-state index contributed by atoms with van der Waals surface area (Å²) < 4.78 is 63.3. The largest absolute Gasteiger partial charge is 0.480 e. The first-order chi connectivity index (χ1) is 18.8. The van der Waals surface area contributed by atoms with Gasteiger partial charge in [-0.25, -0.2) is 27.2 Å². The number of rotatable bonds is 10. The van der Waals surface area contributed by atoms with E-state index in [1.165, 1.54) is 37.2 Å². The van der Waals surface area contributed by atoms with Gasteiger partial charge in [0.25, 0.3) is 15.6 Å². The number of nitrogens with zero attached hydrogens (tertiary/aromatic N) is 3. The van der Waals surface area contributed by atoms with Crippen LogP contribution in [-0.2, 0) is 26.1 Å². The van der Waals surface area contributed by atoms with Crippen molar-refractivity contribution in [3.05, 3.63) is 86.9 Å². The molecule has 14 heteroatoms.